The molecule has 7 nitrogen and oxygen atoms in total. The number of rotatable bonds is 8. The van der Waals surface area contributed by atoms with Crippen molar-refractivity contribution >= 4 is 33.2 Å². The van der Waals surface area contributed by atoms with E-state index in [0.717, 1.165) is 11.8 Å². The maximum atomic E-state index is 12.8. The molecule has 0 fully saturated rings. The van der Waals surface area contributed by atoms with Crippen molar-refractivity contribution < 1.29 is 22.7 Å². The molecule has 2 N–H and O–H groups in total. The summed E-state index contributed by atoms with van der Waals surface area (Å²) in [5.41, 5.74) is 1.28. The summed E-state index contributed by atoms with van der Waals surface area (Å²) >= 11 is 6.15. The summed E-state index contributed by atoms with van der Waals surface area (Å²) in [4.78, 5) is 12.8. The summed E-state index contributed by atoms with van der Waals surface area (Å²) in [6.07, 6.45) is 1.66. The van der Waals surface area contributed by atoms with E-state index in [9.17, 15) is 13.2 Å². The predicted molar refractivity (Wildman–Crippen MR) is 110 cm³/mol. The van der Waals surface area contributed by atoms with Crippen LogP contribution in [0.15, 0.2) is 36.4 Å². The van der Waals surface area contributed by atoms with Crippen LogP contribution in [0, 0.1) is 0 Å². The number of carbonyl (C=O) groups is 1. The third kappa shape index (κ3) is 5.53. The monoisotopic (exact) mass is 426 g/mol. The first-order chi connectivity index (χ1) is 13.2. The summed E-state index contributed by atoms with van der Waals surface area (Å²) in [6, 6.07) is 9.49. The Morgan fingerprint density at radius 3 is 2.36 bits per heavy atom. The number of hydrogen-bond acceptors (Lipinski definition) is 5. The van der Waals surface area contributed by atoms with E-state index in [1.807, 2.05) is 13.0 Å². The van der Waals surface area contributed by atoms with Gasteiger partial charge in [0.15, 0.2) is 11.5 Å². The van der Waals surface area contributed by atoms with E-state index in [4.69, 9.17) is 21.1 Å². The van der Waals surface area contributed by atoms with Crippen molar-refractivity contribution in [1.82, 2.24) is 5.32 Å². The van der Waals surface area contributed by atoms with Gasteiger partial charge >= 0.3 is 0 Å². The number of nitrogens with one attached hydrogen (secondary N) is 2. The molecule has 0 saturated heterocycles. The highest BCUT2D eigenvalue weighted by atomic mass is 35.5. The zero-order chi connectivity index (χ0) is 20.9. The van der Waals surface area contributed by atoms with Gasteiger partial charge in [-0.25, -0.2) is 8.42 Å². The fourth-order valence-electron chi connectivity index (χ4n) is 2.70. The molecule has 0 aliphatic heterocycles. The van der Waals surface area contributed by atoms with Gasteiger partial charge in [0.2, 0.25) is 10.0 Å². The van der Waals surface area contributed by atoms with Crippen molar-refractivity contribution in [3.63, 3.8) is 0 Å². The van der Waals surface area contributed by atoms with Crippen LogP contribution in [-0.2, 0) is 10.0 Å². The Balaban J connectivity index is 2.28. The molecule has 2 rings (SSSR count). The molecule has 0 aromatic heterocycles. The van der Waals surface area contributed by atoms with Crippen LogP contribution < -0.4 is 19.5 Å². The molecular weight excluding hydrogens is 404 g/mol. The Labute approximate surface area is 170 Å². The van der Waals surface area contributed by atoms with Gasteiger partial charge < -0.3 is 14.8 Å². The number of anilines is 1. The van der Waals surface area contributed by atoms with Gasteiger partial charge in [-0.1, -0.05) is 24.6 Å². The molecule has 0 saturated carbocycles. The van der Waals surface area contributed by atoms with Crippen molar-refractivity contribution in [2.75, 3.05) is 25.2 Å². The molecule has 0 bridgehead atoms. The second kappa shape index (κ2) is 9.16. The molecule has 0 unspecified atom stereocenters. The average molecular weight is 427 g/mol. The number of sulfonamides is 1. The maximum Gasteiger partial charge on any atom is 0.253 e. The smallest absolute Gasteiger partial charge is 0.253 e. The first-order valence-corrected chi connectivity index (χ1v) is 10.8. The molecule has 152 valence electrons. The lowest BCUT2D eigenvalue weighted by molar-refractivity contribution is 0.0935. The van der Waals surface area contributed by atoms with Crippen LogP contribution in [0.2, 0.25) is 5.02 Å². The Morgan fingerprint density at radius 2 is 1.79 bits per heavy atom. The van der Waals surface area contributed by atoms with Gasteiger partial charge in [0, 0.05) is 5.69 Å². The summed E-state index contributed by atoms with van der Waals surface area (Å²) in [5, 5.41) is 3.14. The Morgan fingerprint density at radius 1 is 1.11 bits per heavy atom. The highest BCUT2D eigenvalue weighted by molar-refractivity contribution is 7.92. The van der Waals surface area contributed by atoms with Gasteiger partial charge in [-0.15, -0.1) is 0 Å². The van der Waals surface area contributed by atoms with E-state index in [-0.39, 0.29) is 22.3 Å². The van der Waals surface area contributed by atoms with Crippen LogP contribution in [0.25, 0.3) is 0 Å². The lowest BCUT2D eigenvalue weighted by Gasteiger charge is -2.20. The minimum atomic E-state index is -3.47. The summed E-state index contributed by atoms with van der Waals surface area (Å²) in [6.45, 7) is 1.94. The van der Waals surface area contributed by atoms with Gasteiger partial charge in [0.25, 0.3) is 5.91 Å². The van der Waals surface area contributed by atoms with Gasteiger partial charge in [-0.3, -0.25) is 9.52 Å². The molecular formula is C19H23ClN2O5S. The maximum absolute atomic E-state index is 12.8. The molecule has 0 heterocycles. The highest BCUT2D eigenvalue weighted by Gasteiger charge is 2.19. The largest absolute Gasteiger partial charge is 0.493 e. The van der Waals surface area contributed by atoms with E-state index in [0.29, 0.717) is 17.9 Å². The van der Waals surface area contributed by atoms with E-state index in [2.05, 4.69) is 10.0 Å². The van der Waals surface area contributed by atoms with Crippen molar-refractivity contribution in [3.8, 4) is 11.5 Å². The van der Waals surface area contributed by atoms with E-state index in [1.54, 1.807) is 26.4 Å². The Bertz CT molecular complexity index is 963. The van der Waals surface area contributed by atoms with Crippen molar-refractivity contribution in [2.45, 2.75) is 19.4 Å². The number of hydrogen-bond donors (Lipinski definition) is 2. The number of halogens is 1. The fraction of sp³-hybridized carbons (Fsp3) is 0.316. The number of carbonyl (C=O) groups excluding carboxylic acids is 1. The van der Waals surface area contributed by atoms with Crippen LogP contribution >= 0.6 is 11.6 Å². The van der Waals surface area contributed by atoms with Gasteiger partial charge in [0.1, 0.15) is 0 Å². The van der Waals surface area contributed by atoms with Crippen molar-refractivity contribution in [3.05, 3.63) is 52.5 Å². The normalized spacial score (nSPS) is 12.2. The predicted octanol–water partition coefficient (Wildman–Crippen LogP) is 3.61. The lowest BCUT2D eigenvalue weighted by atomic mass is 10.0. The molecule has 1 amide bonds. The number of methoxy groups -OCH3 is 2. The molecule has 9 heteroatoms. The summed E-state index contributed by atoms with van der Waals surface area (Å²) in [7, 11) is -0.373. The molecule has 1 atom stereocenters. The number of ether oxygens (including phenoxy) is 2. The average Bonchev–Trinajstić information content (AvgIpc) is 2.65. The highest BCUT2D eigenvalue weighted by Crippen LogP contribution is 2.31. The third-order valence-corrected chi connectivity index (χ3v) is 4.97. The van der Waals surface area contributed by atoms with Crippen molar-refractivity contribution in [1.29, 1.82) is 0 Å². The summed E-state index contributed by atoms with van der Waals surface area (Å²) < 4.78 is 35.7. The van der Waals surface area contributed by atoms with Crippen LogP contribution in [0.3, 0.4) is 0 Å². The second-order valence-corrected chi connectivity index (χ2v) is 8.27. The first-order valence-electron chi connectivity index (χ1n) is 8.48. The van der Waals surface area contributed by atoms with Crippen LogP contribution in [-0.4, -0.2) is 34.8 Å². The molecule has 2 aromatic rings. The quantitative estimate of drug-likeness (QED) is 0.672. The first kappa shape index (κ1) is 21.8. The van der Waals surface area contributed by atoms with E-state index >= 15 is 0 Å². The van der Waals surface area contributed by atoms with E-state index < -0.39 is 15.9 Å². The number of benzene rings is 2. The minimum Gasteiger partial charge on any atom is -0.493 e. The zero-order valence-electron chi connectivity index (χ0n) is 16.1. The molecule has 0 radical (unpaired) electrons. The molecule has 0 spiro atoms. The minimum absolute atomic E-state index is 0.175. The third-order valence-electron chi connectivity index (χ3n) is 4.04. The standard InChI is InChI=1S/C19H23ClN2O5S/c1-5-16(12-6-9-17(26-2)18(10-12)27-3)21-19(23)14-11-13(7-8-15(14)20)22-28(4,24)25/h6-11,16,22H,5H2,1-4H3,(H,21,23)/t16-/m0/s1. The van der Waals surface area contributed by atoms with Gasteiger partial charge in [-0.2, -0.15) is 0 Å². The van der Waals surface area contributed by atoms with Crippen LogP contribution in [0.5, 0.6) is 11.5 Å². The lowest BCUT2D eigenvalue weighted by Crippen LogP contribution is -2.28. The topological polar surface area (TPSA) is 93.7 Å². The number of amides is 1. The Hall–Kier alpha value is -2.45. The van der Waals surface area contributed by atoms with Crippen molar-refractivity contribution in [2.24, 2.45) is 0 Å². The SMILES string of the molecule is CC[C@H](NC(=O)c1cc(NS(C)(=O)=O)ccc1Cl)c1ccc(OC)c(OC)c1. The fourth-order valence-corrected chi connectivity index (χ4v) is 3.46. The summed E-state index contributed by atoms with van der Waals surface area (Å²) in [5.74, 6) is 0.740. The Kier molecular flexibility index (Phi) is 7.15. The van der Waals surface area contributed by atoms with E-state index in [1.165, 1.54) is 18.2 Å². The molecule has 0 aliphatic rings. The molecule has 0 aliphatic carbocycles. The van der Waals surface area contributed by atoms with Crippen LogP contribution in [0.1, 0.15) is 35.3 Å². The second-order valence-electron chi connectivity index (χ2n) is 6.12. The zero-order valence-corrected chi connectivity index (χ0v) is 17.6. The van der Waals surface area contributed by atoms with Crippen LogP contribution in [0.4, 0.5) is 5.69 Å². The molecule has 28 heavy (non-hydrogen) atoms. The van der Waals surface area contributed by atoms with Gasteiger partial charge in [-0.05, 0) is 42.3 Å². The van der Waals surface area contributed by atoms with Gasteiger partial charge in [0.05, 0.1) is 37.1 Å². The molecule has 2 aromatic carbocycles.